The molecule has 0 aromatic carbocycles. The molecule has 3 unspecified atom stereocenters. The lowest BCUT2D eigenvalue weighted by Crippen LogP contribution is -2.41. The number of rotatable bonds is 4. The minimum absolute atomic E-state index is 0.138. The van der Waals surface area contributed by atoms with Crippen LogP contribution in [0.1, 0.15) is 73.6 Å². The summed E-state index contributed by atoms with van der Waals surface area (Å²) >= 11 is 0. The molecule has 0 aromatic rings. The zero-order valence-electron chi connectivity index (χ0n) is 17.3. The van der Waals surface area contributed by atoms with Crippen LogP contribution in [0, 0.1) is 22.7 Å². The molecular formula is C24H39N. The second kappa shape index (κ2) is 8.08. The van der Waals surface area contributed by atoms with Crippen molar-refractivity contribution in [2.24, 2.45) is 28.4 Å². The van der Waals surface area contributed by atoms with Gasteiger partial charge in [0, 0.05) is 6.04 Å². The summed E-state index contributed by atoms with van der Waals surface area (Å²) in [4.78, 5) is 0. The van der Waals surface area contributed by atoms with Crippen molar-refractivity contribution in [2.75, 3.05) is 0 Å². The van der Waals surface area contributed by atoms with Crippen LogP contribution >= 0.6 is 0 Å². The van der Waals surface area contributed by atoms with Gasteiger partial charge in [0.2, 0.25) is 0 Å². The summed E-state index contributed by atoms with van der Waals surface area (Å²) in [6, 6.07) is 0.350. The smallest absolute Gasteiger partial charge is 0.00723 e. The first-order valence-corrected chi connectivity index (χ1v) is 10.1. The SMILES string of the molecule is CC1=C/C=C\C=C(C(C)(C)CC(C)(C)C2CCC(C)CCC2N)/C=C\1. The van der Waals surface area contributed by atoms with Crippen molar-refractivity contribution in [1.29, 1.82) is 0 Å². The van der Waals surface area contributed by atoms with Gasteiger partial charge < -0.3 is 5.73 Å². The second-order valence-corrected chi connectivity index (χ2v) is 9.83. The van der Waals surface area contributed by atoms with Gasteiger partial charge in [-0.15, -0.1) is 0 Å². The monoisotopic (exact) mass is 341 g/mol. The minimum atomic E-state index is 0.138. The van der Waals surface area contributed by atoms with E-state index in [1.807, 2.05) is 0 Å². The number of hydrogen-bond acceptors (Lipinski definition) is 1. The molecule has 25 heavy (non-hydrogen) atoms. The average molecular weight is 342 g/mol. The quantitative estimate of drug-likeness (QED) is 0.574. The van der Waals surface area contributed by atoms with Crippen LogP contribution in [0.25, 0.3) is 0 Å². The fourth-order valence-electron chi connectivity index (χ4n) is 4.99. The zero-order chi connectivity index (χ0) is 18.7. The molecule has 2 aliphatic rings. The number of hydrogen-bond donors (Lipinski definition) is 1. The van der Waals surface area contributed by atoms with Crippen molar-refractivity contribution in [3.05, 3.63) is 47.6 Å². The van der Waals surface area contributed by atoms with E-state index in [2.05, 4.69) is 78.0 Å². The fraction of sp³-hybridized carbons (Fsp3) is 0.667. The van der Waals surface area contributed by atoms with Crippen molar-refractivity contribution >= 4 is 0 Å². The van der Waals surface area contributed by atoms with Gasteiger partial charge >= 0.3 is 0 Å². The Morgan fingerprint density at radius 1 is 0.960 bits per heavy atom. The highest BCUT2D eigenvalue weighted by Crippen LogP contribution is 2.47. The van der Waals surface area contributed by atoms with Gasteiger partial charge in [0.1, 0.15) is 0 Å². The molecule has 0 spiro atoms. The third-order valence-corrected chi connectivity index (χ3v) is 6.43. The highest BCUT2D eigenvalue weighted by Gasteiger charge is 2.39. The molecule has 0 bridgehead atoms. The minimum Gasteiger partial charge on any atom is -0.327 e. The van der Waals surface area contributed by atoms with Gasteiger partial charge in [-0.3, -0.25) is 0 Å². The van der Waals surface area contributed by atoms with Crippen molar-refractivity contribution in [2.45, 2.75) is 79.7 Å². The summed E-state index contributed by atoms with van der Waals surface area (Å²) in [5.41, 5.74) is 9.75. The van der Waals surface area contributed by atoms with E-state index in [9.17, 15) is 0 Å². The van der Waals surface area contributed by atoms with E-state index < -0.39 is 0 Å². The highest BCUT2D eigenvalue weighted by atomic mass is 14.7. The molecule has 2 N–H and O–H groups in total. The van der Waals surface area contributed by atoms with Crippen LogP contribution < -0.4 is 5.73 Å². The van der Waals surface area contributed by atoms with Crippen LogP contribution in [0.5, 0.6) is 0 Å². The molecule has 3 atom stereocenters. The van der Waals surface area contributed by atoms with Gasteiger partial charge in [0.05, 0.1) is 0 Å². The molecule has 0 heterocycles. The Morgan fingerprint density at radius 2 is 1.60 bits per heavy atom. The molecule has 0 radical (unpaired) electrons. The molecule has 1 heteroatoms. The molecule has 0 amide bonds. The maximum atomic E-state index is 6.64. The third-order valence-electron chi connectivity index (χ3n) is 6.43. The predicted molar refractivity (Wildman–Crippen MR) is 111 cm³/mol. The first kappa shape index (κ1) is 20.2. The molecule has 0 saturated heterocycles. The Labute approximate surface area is 156 Å². The standard InChI is InChI=1S/C24H39N/c1-18-9-7-8-10-20(14-11-18)23(3,4)17-24(5,6)21-15-12-19(2)13-16-22(21)25/h7-11,14,19,21-22H,12-13,15-17,25H2,1-6H3/b8-7-,9-7?,10-8?,14-11-,18-9-,18-11?,20-10+,20-14?. The number of nitrogens with two attached hydrogens (primary N) is 1. The lowest BCUT2D eigenvalue weighted by atomic mass is 9.63. The molecule has 2 rings (SSSR count). The van der Waals surface area contributed by atoms with E-state index in [1.54, 1.807) is 0 Å². The van der Waals surface area contributed by atoms with E-state index in [1.165, 1.54) is 43.3 Å². The topological polar surface area (TPSA) is 26.0 Å². The van der Waals surface area contributed by atoms with Crippen LogP contribution in [-0.2, 0) is 0 Å². The van der Waals surface area contributed by atoms with Crippen molar-refractivity contribution < 1.29 is 0 Å². The molecule has 0 aliphatic heterocycles. The summed E-state index contributed by atoms with van der Waals surface area (Å²) in [5, 5.41) is 0. The second-order valence-electron chi connectivity index (χ2n) is 9.83. The van der Waals surface area contributed by atoms with Crippen molar-refractivity contribution in [1.82, 2.24) is 0 Å². The largest absolute Gasteiger partial charge is 0.327 e. The maximum Gasteiger partial charge on any atom is 0.00723 e. The predicted octanol–water partition coefficient (Wildman–Crippen LogP) is 6.58. The van der Waals surface area contributed by atoms with Gasteiger partial charge in [0.25, 0.3) is 0 Å². The van der Waals surface area contributed by atoms with E-state index in [0.29, 0.717) is 12.0 Å². The molecule has 1 saturated carbocycles. The Hall–Kier alpha value is -1.08. The first-order chi connectivity index (χ1) is 11.6. The summed E-state index contributed by atoms with van der Waals surface area (Å²) in [7, 11) is 0. The van der Waals surface area contributed by atoms with Gasteiger partial charge in [-0.2, -0.15) is 0 Å². The Bertz CT molecular complexity index is 571. The Morgan fingerprint density at radius 3 is 2.32 bits per heavy atom. The van der Waals surface area contributed by atoms with Gasteiger partial charge in [-0.05, 0) is 60.8 Å². The van der Waals surface area contributed by atoms with E-state index in [-0.39, 0.29) is 10.8 Å². The molecule has 0 aromatic heterocycles. The van der Waals surface area contributed by atoms with Crippen LogP contribution in [0.4, 0.5) is 0 Å². The average Bonchev–Trinajstić information content (AvgIpc) is 2.64. The van der Waals surface area contributed by atoms with Gasteiger partial charge in [-0.1, -0.05) is 83.1 Å². The lowest BCUT2D eigenvalue weighted by molar-refractivity contribution is 0.111. The fourth-order valence-corrected chi connectivity index (χ4v) is 4.99. The van der Waals surface area contributed by atoms with Crippen LogP contribution in [0.3, 0.4) is 0 Å². The molecular weight excluding hydrogens is 302 g/mol. The zero-order valence-corrected chi connectivity index (χ0v) is 17.3. The van der Waals surface area contributed by atoms with Crippen LogP contribution in [0.15, 0.2) is 47.6 Å². The van der Waals surface area contributed by atoms with Crippen molar-refractivity contribution in [3.8, 4) is 0 Å². The number of allylic oxidation sites excluding steroid dienone is 8. The van der Waals surface area contributed by atoms with E-state index >= 15 is 0 Å². The molecule has 1 fully saturated rings. The van der Waals surface area contributed by atoms with Crippen LogP contribution in [0.2, 0.25) is 0 Å². The molecule has 1 nitrogen and oxygen atoms in total. The third kappa shape index (κ3) is 5.45. The Kier molecular flexibility index (Phi) is 6.54. The van der Waals surface area contributed by atoms with Gasteiger partial charge in [0.15, 0.2) is 0 Å². The van der Waals surface area contributed by atoms with Crippen molar-refractivity contribution in [3.63, 3.8) is 0 Å². The summed E-state index contributed by atoms with van der Waals surface area (Å²) in [6.07, 6.45) is 19.6. The first-order valence-electron chi connectivity index (χ1n) is 10.1. The summed E-state index contributed by atoms with van der Waals surface area (Å²) in [6.45, 7) is 14.2. The summed E-state index contributed by atoms with van der Waals surface area (Å²) < 4.78 is 0. The van der Waals surface area contributed by atoms with Gasteiger partial charge in [-0.25, -0.2) is 0 Å². The van der Waals surface area contributed by atoms with E-state index in [0.717, 1.165) is 5.92 Å². The highest BCUT2D eigenvalue weighted by molar-refractivity contribution is 5.37. The van der Waals surface area contributed by atoms with Crippen LogP contribution in [-0.4, -0.2) is 6.04 Å². The van der Waals surface area contributed by atoms with E-state index in [4.69, 9.17) is 5.73 Å². The Balaban J connectivity index is 2.18. The molecule has 2 aliphatic carbocycles. The maximum absolute atomic E-state index is 6.64. The molecule has 140 valence electrons. The normalized spacial score (nSPS) is 35.4. The summed E-state index contributed by atoms with van der Waals surface area (Å²) in [5.74, 6) is 1.45. The lowest BCUT2D eigenvalue weighted by Gasteiger charge is -2.43.